The fourth-order valence-corrected chi connectivity index (χ4v) is 4.72. The van der Waals surface area contributed by atoms with Crippen LogP contribution in [-0.2, 0) is 24.2 Å². The summed E-state index contributed by atoms with van der Waals surface area (Å²) in [6, 6.07) is 14.4. The predicted octanol–water partition coefficient (Wildman–Crippen LogP) is 2.31. The summed E-state index contributed by atoms with van der Waals surface area (Å²) in [7, 11) is -3.09. The molecule has 2 amide bonds. The molecule has 2 aromatic rings. The molecule has 0 spiro atoms. The van der Waals surface area contributed by atoms with Gasteiger partial charge in [0.25, 0.3) is 0 Å². The highest BCUT2D eigenvalue weighted by Crippen LogP contribution is 2.44. The third-order valence-electron chi connectivity index (χ3n) is 5.57. The first-order chi connectivity index (χ1) is 16.2. The zero-order valence-corrected chi connectivity index (χ0v) is 19.6. The van der Waals surface area contributed by atoms with Crippen molar-refractivity contribution in [1.29, 1.82) is 0 Å². The van der Waals surface area contributed by atoms with Gasteiger partial charge in [-0.25, -0.2) is 13.2 Å². The van der Waals surface area contributed by atoms with E-state index in [2.05, 4.69) is 10.6 Å². The van der Waals surface area contributed by atoms with Crippen molar-refractivity contribution in [2.45, 2.75) is 31.2 Å². The van der Waals surface area contributed by atoms with Crippen LogP contribution in [0.4, 0.5) is 4.79 Å². The summed E-state index contributed by atoms with van der Waals surface area (Å²) in [5.74, 6) is -2.09. The molecule has 9 nitrogen and oxygen atoms in total. The maximum absolute atomic E-state index is 12.4. The zero-order valence-electron chi connectivity index (χ0n) is 18.8. The van der Waals surface area contributed by atoms with Gasteiger partial charge in [-0.3, -0.25) is 9.59 Å². The number of fused-ring (bicyclic) bond motifs is 3. The van der Waals surface area contributed by atoms with E-state index < -0.39 is 40.3 Å². The van der Waals surface area contributed by atoms with Crippen molar-refractivity contribution >= 4 is 27.8 Å². The first-order valence-corrected chi connectivity index (χ1v) is 13.0. The Morgan fingerprint density at radius 1 is 1.00 bits per heavy atom. The van der Waals surface area contributed by atoms with Crippen LogP contribution in [0, 0.1) is 0 Å². The molecule has 0 saturated heterocycles. The van der Waals surface area contributed by atoms with E-state index in [9.17, 15) is 22.8 Å². The zero-order chi connectivity index (χ0) is 24.7. The Bertz CT molecular complexity index is 1120. The Morgan fingerprint density at radius 2 is 1.59 bits per heavy atom. The van der Waals surface area contributed by atoms with E-state index in [0.29, 0.717) is 12.8 Å². The molecule has 0 bridgehead atoms. The molecule has 0 radical (unpaired) electrons. The Balaban J connectivity index is 1.56. The highest BCUT2D eigenvalue weighted by molar-refractivity contribution is 7.90. The van der Waals surface area contributed by atoms with E-state index in [4.69, 9.17) is 9.84 Å². The topological polar surface area (TPSA) is 139 Å². The molecule has 182 valence electrons. The van der Waals surface area contributed by atoms with E-state index in [1.807, 2.05) is 48.5 Å². The molecule has 3 rings (SSSR count). The number of carbonyl (C=O) groups is 3. The van der Waals surface area contributed by atoms with Crippen molar-refractivity contribution in [3.8, 4) is 11.1 Å². The number of nitrogens with one attached hydrogen (secondary N) is 2. The van der Waals surface area contributed by atoms with Crippen LogP contribution in [0.5, 0.6) is 0 Å². The molecular formula is C24H28N2O7S. The normalized spacial score (nSPS) is 13.4. The van der Waals surface area contributed by atoms with Crippen LogP contribution in [0.15, 0.2) is 48.5 Å². The van der Waals surface area contributed by atoms with Crippen LogP contribution in [0.3, 0.4) is 0 Å². The Labute approximate surface area is 198 Å². The number of rotatable bonds is 11. The smallest absolute Gasteiger partial charge is 0.407 e. The van der Waals surface area contributed by atoms with Gasteiger partial charge in [0.2, 0.25) is 5.91 Å². The Hall–Kier alpha value is -3.40. The number of carboxylic acid groups (broad SMARTS) is 1. The molecule has 1 unspecified atom stereocenters. The number of carbonyl (C=O) groups excluding carboxylic acids is 2. The maximum atomic E-state index is 12.4. The quantitative estimate of drug-likeness (QED) is 0.413. The third kappa shape index (κ3) is 6.80. The molecule has 34 heavy (non-hydrogen) atoms. The minimum atomic E-state index is -3.09. The summed E-state index contributed by atoms with van der Waals surface area (Å²) in [4.78, 5) is 36.0. The second kappa shape index (κ2) is 11.1. The summed E-state index contributed by atoms with van der Waals surface area (Å²) >= 11 is 0. The number of benzene rings is 2. The fourth-order valence-electron chi connectivity index (χ4n) is 3.99. The van der Waals surface area contributed by atoms with Crippen molar-refractivity contribution in [3.05, 3.63) is 59.7 Å². The number of ether oxygens (including phenoxy) is 1. The van der Waals surface area contributed by atoms with Gasteiger partial charge in [0.1, 0.15) is 22.5 Å². The first kappa shape index (κ1) is 25.2. The highest BCUT2D eigenvalue weighted by Gasteiger charge is 2.30. The van der Waals surface area contributed by atoms with Gasteiger partial charge in [0, 0.05) is 24.5 Å². The first-order valence-electron chi connectivity index (χ1n) is 10.9. The second-order valence-electron chi connectivity index (χ2n) is 8.25. The summed E-state index contributed by atoms with van der Waals surface area (Å²) in [5.41, 5.74) is 4.22. The fraction of sp³-hybridized carbons (Fsp3) is 0.375. The van der Waals surface area contributed by atoms with Crippen LogP contribution in [0.25, 0.3) is 11.1 Å². The summed E-state index contributed by atoms with van der Waals surface area (Å²) < 4.78 is 27.7. The minimum absolute atomic E-state index is 0.000571. The standard InChI is InChI=1S/C24H28N2O7S/c1-34(31,32)13-7-6-12-25-23(29)21(14-22(27)28)26-24(30)33-15-20-18-10-4-2-8-16(18)17-9-3-5-11-19(17)20/h2-5,8-11,20-21H,6-7,12-15H2,1H3,(H,25,29)(H,26,30)(H,27,28). The average Bonchev–Trinajstić information content (AvgIpc) is 3.09. The van der Waals surface area contributed by atoms with E-state index in [1.54, 1.807) is 0 Å². The van der Waals surface area contributed by atoms with Crippen molar-refractivity contribution in [1.82, 2.24) is 10.6 Å². The lowest BCUT2D eigenvalue weighted by molar-refractivity contribution is -0.139. The molecule has 2 aromatic carbocycles. The molecule has 3 N–H and O–H groups in total. The van der Waals surface area contributed by atoms with Crippen LogP contribution in [0.1, 0.15) is 36.3 Å². The van der Waals surface area contributed by atoms with Gasteiger partial charge in [-0.2, -0.15) is 0 Å². The van der Waals surface area contributed by atoms with Crippen molar-refractivity contribution in [3.63, 3.8) is 0 Å². The van der Waals surface area contributed by atoms with E-state index >= 15 is 0 Å². The van der Waals surface area contributed by atoms with Crippen molar-refractivity contribution in [2.75, 3.05) is 25.2 Å². The van der Waals surface area contributed by atoms with E-state index in [-0.39, 0.29) is 24.8 Å². The van der Waals surface area contributed by atoms with Crippen molar-refractivity contribution in [2.24, 2.45) is 0 Å². The lowest BCUT2D eigenvalue weighted by Crippen LogP contribution is -2.48. The van der Waals surface area contributed by atoms with Gasteiger partial charge >= 0.3 is 12.1 Å². The third-order valence-corrected chi connectivity index (χ3v) is 6.60. The molecule has 0 aliphatic heterocycles. The van der Waals surface area contributed by atoms with Crippen LogP contribution >= 0.6 is 0 Å². The van der Waals surface area contributed by atoms with Crippen molar-refractivity contribution < 1.29 is 32.6 Å². The largest absolute Gasteiger partial charge is 0.481 e. The molecular weight excluding hydrogens is 460 g/mol. The molecule has 0 aromatic heterocycles. The molecule has 0 heterocycles. The van der Waals surface area contributed by atoms with Gasteiger partial charge in [-0.1, -0.05) is 48.5 Å². The molecule has 0 fully saturated rings. The lowest BCUT2D eigenvalue weighted by Gasteiger charge is -2.18. The lowest BCUT2D eigenvalue weighted by atomic mass is 9.98. The summed E-state index contributed by atoms with van der Waals surface area (Å²) in [6.45, 7) is 0.198. The highest BCUT2D eigenvalue weighted by atomic mass is 32.2. The number of sulfone groups is 1. The predicted molar refractivity (Wildman–Crippen MR) is 126 cm³/mol. The molecule has 10 heteroatoms. The maximum Gasteiger partial charge on any atom is 0.407 e. The summed E-state index contributed by atoms with van der Waals surface area (Å²) in [5, 5.41) is 14.0. The molecule has 1 aliphatic carbocycles. The SMILES string of the molecule is CS(=O)(=O)CCCCNC(=O)C(CC(=O)O)NC(=O)OCC1c2ccccc2-c2ccccc21. The molecule has 0 saturated carbocycles. The average molecular weight is 489 g/mol. The number of unbranched alkanes of at least 4 members (excludes halogenated alkanes) is 1. The minimum Gasteiger partial charge on any atom is -0.481 e. The van der Waals surface area contributed by atoms with Gasteiger partial charge in [0.05, 0.1) is 6.42 Å². The number of carboxylic acids is 1. The number of hydrogen-bond acceptors (Lipinski definition) is 6. The van der Waals surface area contributed by atoms with Crippen LogP contribution < -0.4 is 10.6 Å². The number of hydrogen-bond donors (Lipinski definition) is 3. The van der Waals surface area contributed by atoms with Crippen LogP contribution in [0.2, 0.25) is 0 Å². The number of alkyl carbamates (subject to hydrolysis) is 1. The number of amides is 2. The molecule has 1 aliphatic rings. The van der Waals surface area contributed by atoms with E-state index in [1.165, 1.54) is 0 Å². The Morgan fingerprint density at radius 3 is 2.15 bits per heavy atom. The van der Waals surface area contributed by atoms with Gasteiger partial charge in [-0.15, -0.1) is 0 Å². The monoisotopic (exact) mass is 488 g/mol. The summed E-state index contributed by atoms with van der Waals surface area (Å²) in [6.07, 6.45) is 0.401. The number of aliphatic carboxylic acids is 1. The Kier molecular flexibility index (Phi) is 8.27. The van der Waals surface area contributed by atoms with E-state index in [0.717, 1.165) is 28.5 Å². The van der Waals surface area contributed by atoms with Gasteiger partial charge < -0.3 is 20.5 Å². The van der Waals surface area contributed by atoms with Crippen LogP contribution in [-0.4, -0.2) is 62.7 Å². The molecule has 1 atom stereocenters. The van der Waals surface area contributed by atoms with Gasteiger partial charge in [0.15, 0.2) is 0 Å². The second-order valence-corrected chi connectivity index (χ2v) is 10.5. The van der Waals surface area contributed by atoms with Gasteiger partial charge in [-0.05, 0) is 35.1 Å².